The average molecular weight is 478 g/mol. The summed E-state index contributed by atoms with van der Waals surface area (Å²) < 4.78 is 40.4. The number of ether oxygens (including phenoxy) is 3. The van der Waals surface area contributed by atoms with Crippen molar-refractivity contribution >= 4 is 35.0 Å². The van der Waals surface area contributed by atoms with Crippen molar-refractivity contribution in [2.24, 2.45) is 0 Å². The number of carbonyl (C=O) groups excluding carboxylic acids is 1. The fourth-order valence-corrected chi connectivity index (χ4v) is 3.44. The summed E-state index contributed by atoms with van der Waals surface area (Å²) in [4.78, 5) is 14.9. The maximum atomic E-state index is 12.9. The zero-order valence-electron chi connectivity index (χ0n) is 17.8. The van der Waals surface area contributed by atoms with E-state index in [4.69, 9.17) is 21.1 Å². The van der Waals surface area contributed by atoms with Crippen molar-refractivity contribution in [3.63, 3.8) is 0 Å². The van der Waals surface area contributed by atoms with E-state index in [9.17, 15) is 18.8 Å². The summed E-state index contributed by atoms with van der Waals surface area (Å²) >= 11 is 6.13. The number of nitriles is 1. The molecule has 7 nitrogen and oxygen atoms in total. The largest absolute Gasteiger partial charge is 0.490 e. The van der Waals surface area contributed by atoms with Crippen LogP contribution in [0.3, 0.4) is 0 Å². The number of hydrogen-bond acceptors (Lipinski definition) is 6. The number of morpholine rings is 1. The Labute approximate surface area is 195 Å². The number of alkyl halides is 2. The molecule has 174 valence electrons. The summed E-state index contributed by atoms with van der Waals surface area (Å²) in [5.41, 5.74) is 1.45. The lowest BCUT2D eigenvalue weighted by atomic mass is 10.1. The lowest BCUT2D eigenvalue weighted by Gasteiger charge is -2.30. The minimum absolute atomic E-state index is 0.0775. The predicted octanol–water partition coefficient (Wildman–Crippen LogP) is 4.72. The number of nitrogens with zero attached hydrogens (tertiary/aromatic N) is 2. The van der Waals surface area contributed by atoms with Gasteiger partial charge in [-0.25, -0.2) is 0 Å². The maximum absolute atomic E-state index is 12.9. The maximum Gasteiger partial charge on any atom is 0.387 e. The van der Waals surface area contributed by atoms with Gasteiger partial charge in [-0.2, -0.15) is 14.0 Å². The monoisotopic (exact) mass is 477 g/mol. The van der Waals surface area contributed by atoms with Crippen molar-refractivity contribution in [3.05, 3.63) is 52.6 Å². The minimum atomic E-state index is -3.01. The Morgan fingerprint density at radius 1 is 1.27 bits per heavy atom. The van der Waals surface area contributed by atoms with Crippen LogP contribution >= 0.6 is 11.6 Å². The number of nitrogens with one attached hydrogen (secondary N) is 1. The summed E-state index contributed by atoms with van der Waals surface area (Å²) in [6.07, 6.45) is 1.34. The van der Waals surface area contributed by atoms with Crippen LogP contribution in [-0.4, -0.2) is 45.4 Å². The van der Waals surface area contributed by atoms with E-state index < -0.39 is 12.5 Å². The fourth-order valence-electron chi connectivity index (χ4n) is 3.27. The van der Waals surface area contributed by atoms with E-state index >= 15 is 0 Å². The quantitative estimate of drug-likeness (QED) is 0.437. The van der Waals surface area contributed by atoms with Crippen LogP contribution in [0.25, 0.3) is 6.08 Å². The zero-order valence-corrected chi connectivity index (χ0v) is 18.6. The molecule has 0 aromatic heterocycles. The molecule has 2 aromatic carbocycles. The molecule has 10 heteroatoms. The van der Waals surface area contributed by atoms with Gasteiger partial charge in [-0.3, -0.25) is 4.79 Å². The second-order valence-corrected chi connectivity index (χ2v) is 7.34. The van der Waals surface area contributed by atoms with Crippen LogP contribution in [-0.2, 0) is 9.53 Å². The molecule has 1 heterocycles. The third kappa shape index (κ3) is 6.57. The standard InChI is InChI=1S/C23H22ClF2N3O4/c1-2-32-21-12-15(3-6-20(21)33-23(25)26)11-16(14-27)22(30)28-18-13-17(24)4-5-19(18)29-7-9-31-10-8-29/h3-6,11-13,23H,2,7-10H2,1H3,(H,28,30)/b16-11+. The Kier molecular flexibility index (Phi) is 8.46. The molecule has 3 rings (SSSR count). The molecule has 1 aliphatic rings. The normalized spacial score (nSPS) is 14.1. The summed E-state index contributed by atoms with van der Waals surface area (Å²) in [6, 6.07) is 11.2. The van der Waals surface area contributed by atoms with Gasteiger partial charge in [-0.05, 0) is 48.9 Å². The van der Waals surface area contributed by atoms with Gasteiger partial charge in [0.25, 0.3) is 5.91 Å². The van der Waals surface area contributed by atoms with Gasteiger partial charge in [-0.1, -0.05) is 17.7 Å². The minimum Gasteiger partial charge on any atom is -0.490 e. The number of rotatable bonds is 8. The summed E-state index contributed by atoms with van der Waals surface area (Å²) in [5.74, 6) is -0.699. The zero-order chi connectivity index (χ0) is 23.8. The lowest BCUT2D eigenvalue weighted by Crippen LogP contribution is -2.36. The van der Waals surface area contributed by atoms with E-state index in [1.807, 2.05) is 6.07 Å². The van der Waals surface area contributed by atoms with E-state index in [1.54, 1.807) is 25.1 Å². The van der Waals surface area contributed by atoms with E-state index in [-0.39, 0.29) is 23.7 Å². The number of carbonyl (C=O) groups is 1. The van der Waals surface area contributed by atoms with Gasteiger partial charge in [0, 0.05) is 18.1 Å². The molecule has 1 fully saturated rings. The second-order valence-electron chi connectivity index (χ2n) is 6.90. The molecular formula is C23H22ClF2N3O4. The molecule has 0 atom stereocenters. The van der Waals surface area contributed by atoms with Crippen molar-refractivity contribution in [3.8, 4) is 17.6 Å². The first-order chi connectivity index (χ1) is 15.9. The highest BCUT2D eigenvalue weighted by Crippen LogP contribution is 2.32. The van der Waals surface area contributed by atoms with Crippen molar-refractivity contribution < 1.29 is 27.8 Å². The van der Waals surface area contributed by atoms with Crippen molar-refractivity contribution in [2.75, 3.05) is 43.1 Å². The van der Waals surface area contributed by atoms with Crippen molar-refractivity contribution in [1.82, 2.24) is 0 Å². The number of halogens is 3. The Hall–Kier alpha value is -3.35. The molecule has 0 unspecified atom stereocenters. The predicted molar refractivity (Wildman–Crippen MR) is 121 cm³/mol. The molecule has 33 heavy (non-hydrogen) atoms. The topological polar surface area (TPSA) is 83.8 Å². The summed E-state index contributed by atoms with van der Waals surface area (Å²) in [6.45, 7) is 1.33. The van der Waals surface area contributed by atoms with Gasteiger partial charge >= 0.3 is 6.61 Å². The van der Waals surface area contributed by atoms with Crippen molar-refractivity contribution in [1.29, 1.82) is 5.26 Å². The van der Waals surface area contributed by atoms with Gasteiger partial charge in [0.15, 0.2) is 11.5 Å². The number of amides is 1. The molecule has 1 N–H and O–H groups in total. The van der Waals surface area contributed by atoms with Crippen LogP contribution in [0.4, 0.5) is 20.2 Å². The van der Waals surface area contributed by atoms with Gasteiger partial charge in [0.05, 0.1) is 31.2 Å². The first-order valence-corrected chi connectivity index (χ1v) is 10.6. The molecule has 0 saturated carbocycles. The van der Waals surface area contributed by atoms with Crippen LogP contribution < -0.4 is 19.7 Å². The van der Waals surface area contributed by atoms with Gasteiger partial charge in [-0.15, -0.1) is 0 Å². The number of anilines is 2. The van der Waals surface area contributed by atoms with Crippen LogP contribution in [0.2, 0.25) is 5.02 Å². The lowest BCUT2D eigenvalue weighted by molar-refractivity contribution is -0.112. The fraction of sp³-hybridized carbons (Fsp3) is 0.304. The summed E-state index contributed by atoms with van der Waals surface area (Å²) in [5, 5.41) is 12.7. The van der Waals surface area contributed by atoms with Crippen molar-refractivity contribution in [2.45, 2.75) is 13.5 Å². The first kappa shape index (κ1) is 24.3. The first-order valence-electron chi connectivity index (χ1n) is 10.2. The van der Waals surface area contributed by atoms with E-state index in [1.165, 1.54) is 24.3 Å². The Morgan fingerprint density at radius 3 is 2.70 bits per heavy atom. The molecule has 0 radical (unpaired) electrons. The Bertz CT molecular complexity index is 1070. The van der Waals surface area contributed by atoms with E-state index in [0.29, 0.717) is 42.6 Å². The van der Waals surface area contributed by atoms with Crippen LogP contribution in [0.15, 0.2) is 42.0 Å². The van der Waals surface area contributed by atoms with Crippen LogP contribution in [0.5, 0.6) is 11.5 Å². The molecule has 0 spiro atoms. The highest BCUT2D eigenvalue weighted by atomic mass is 35.5. The van der Waals surface area contributed by atoms with Gasteiger partial charge in [0.1, 0.15) is 11.6 Å². The number of benzene rings is 2. The molecule has 1 saturated heterocycles. The van der Waals surface area contributed by atoms with E-state index in [2.05, 4.69) is 15.0 Å². The second kappa shape index (κ2) is 11.5. The molecule has 0 aliphatic carbocycles. The molecule has 1 amide bonds. The molecule has 2 aromatic rings. The van der Waals surface area contributed by atoms with Gasteiger partial charge in [0.2, 0.25) is 0 Å². The van der Waals surface area contributed by atoms with E-state index in [0.717, 1.165) is 5.69 Å². The van der Waals surface area contributed by atoms with Gasteiger partial charge < -0.3 is 24.4 Å². The van der Waals surface area contributed by atoms with Crippen LogP contribution in [0.1, 0.15) is 12.5 Å². The average Bonchev–Trinajstić information content (AvgIpc) is 2.79. The van der Waals surface area contributed by atoms with Crippen LogP contribution in [0, 0.1) is 11.3 Å². The smallest absolute Gasteiger partial charge is 0.387 e. The molecule has 0 bridgehead atoms. The summed E-state index contributed by atoms with van der Waals surface area (Å²) in [7, 11) is 0. The SMILES string of the molecule is CCOc1cc(/C=C(\C#N)C(=O)Nc2cc(Cl)ccc2N2CCOCC2)ccc1OC(F)F. The third-order valence-corrected chi connectivity index (χ3v) is 4.95. The molecular weight excluding hydrogens is 456 g/mol. The highest BCUT2D eigenvalue weighted by molar-refractivity contribution is 6.31. The highest BCUT2D eigenvalue weighted by Gasteiger charge is 2.19. The third-order valence-electron chi connectivity index (χ3n) is 4.72. The Morgan fingerprint density at radius 2 is 2.03 bits per heavy atom. The Balaban J connectivity index is 1.85. The molecule has 1 aliphatic heterocycles. The number of hydrogen-bond donors (Lipinski definition) is 1.